The van der Waals surface area contributed by atoms with Crippen LogP contribution in [0.2, 0.25) is 15.3 Å². The van der Waals surface area contributed by atoms with E-state index in [0.29, 0.717) is 5.69 Å². The number of aromatic nitrogens is 2. The van der Waals surface area contributed by atoms with Gasteiger partial charge in [0.1, 0.15) is 5.15 Å². The van der Waals surface area contributed by atoms with Gasteiger partial charge in [-0.3, -0.25) is 4.79 Å². The maximum atomic E-state index is 11.9. The Morgan fingerprint density at radius 1 is 1.17 bits per heavy atom. The van der Waals surface area contributed by atoms with E-state index in [9.17, 15) is 4.79 Å². The van der Waals surface area contributed by atoms with Gasteiger partial charge in [-0.2, -0.15) is 0 Å². The van der Waals surface area contributed by atoms with Crippen molar-refractivity contribution in [3.8, 4) is 0 Å². The van der Waals surface area contributed by atoms with Crippen LogP contribution in [0, 0.1) is 0 Å². The first-order chi connectivity index (χ1) is 8.58. The van der Waals surface area contributed by atoms with Crippen LogP contribution in [-0.4, -0.2) is 15.9 Å². The molecular weight excluding hydrogens is 296 g/mol. The first-order valence-corrected chi connectivity index (χ1v) is 5.94. The Morgan fingerprint density at radius 3 is 2.61 bits per heavy atom. The van der Waals surface area contributed by atoms with Gasteiger partial charge in [0.15, 0.2) is 5.15 Å². The third-order valence-corrected chi connectivity index (χ3v) is 3.05. The molecule has 4 nitrogen and oxygen atoms in total. The number of anilines is 1. The zero-order valence-electron chi connectivity index (χ0n) is 8.82. The van der Waals surface area contributed by atoms with Gasteiger partial charge in [0.05, 0.1) is 16.3 Å². The van der Waals surface area contributed by atoms with Crippen LogP contribution >= 0.6 is 34.8 Å². The van der Waals surface area contributed by atoms with Gasteiger partial charge in [-0.05, 0) is 18.2 Å². The second-order valence-electron chi connectivity index (χ2n) is 3.29. The molecule has 0 spiro atoms. The van der Waals surface area contributed by atoms with Gasteiger partial charge in [0.25, 0.3) is 5.91 Å². The summed E-state index contributed by atoms with van der Waals surface area (Å²) in [7, 11) is 0. The highest BCUT2D eigenvalue weighted by Crippen LogP contribution is 2.22. The minimum absolute atomic E-state index is 0.146. The molecule has 0 aliphatic rings. The topological polar surface area (TPSA) is 54.9 Å². The maximum Gasteiger partial charge on any atom is 0.257 e. The third kappa shape index (κ3) is 2.90. The summed E-state index contributed by atoms with van der Waals surface area (Å²) in [5.41, 5.74) is 0.694. The van der Waals surface area contributed by atoms with E-state index in [1.165, 1.54) is 18.5 Å². The van der Waals surface area contributed by atoms with Crippen LogP contribution in [0.1, 0.15) is 10.4 Å². The van der Waals surface area contributed by atoms with Crippen molar-refractivity contribution in [3.63, 3.8) is 0 Å². The minimum atomic E-state index is -0.393. The summed E-state index contributed by atoms with van der Waals surface area (Å²) in [4.78, 5) is 19.5. The molecule has 0 aliphatic carbocycles. The molecule has 18 heavy (non-hydrogen) atoms. The third-order valence-electron chi connectivity index (χ3n) is 2.07. The second kappa shape index (κ2) is 5.52. The first-order valence-electron chi connectivity index (χ1n) is 4.81. The van der Waals surface area contributed by atoms with Crippen LogP contribution in [0.4, 0.5) is 5.69 Å². The van der Waals surface area contributed by atoms with Crippen molar-refractivity contribution in [2.45, 2.75) is 0 Å². The Balaban J connectivity index is 2.22. The minimum Gasteiger partial charge on any atom is -0.319 e. The van der Waals surface area contributed by atoms with E-state index < -0.39 is 5.91 Å². The van der Waals surface area contributed by atoms with Crippen molar-refractivity contribution in [3.05, 3.63) is 51.5 Å². The fourth-order valence-electron chi connectivity index (χ4n) is 1.22. The lowest BCUT2D eigenvalue weighted by atomic mass is 10.2. The summed E-state index contributed by atoms with van der Waals surface area (Å²) in [5, 5.41) is 3.16. The quantitative estimate of drug-likeness (QED) is 0.861. The monoisotopic (exact) mass is 301 g/mol. The van der Waals surface area contributed by atoms with Crippen molar-refractivity contribution in [1.29, 1.82) is 0 Å². The molecule has 0 bridgehead atoms. The molecule has 92 valence electrons. The van der Waals surface area contributed by atoms with Crippen molar-refractivity contribution in [1.82, 2.24) is 9.97 Å². The van der Waals surface area contributed by atoms with E-state index >= 15 is 0 Å². The number of halogens is 3. The summed E-state index contributed by atoms with van der Waals surface area (Å²) < 4.78 is 0. The Morgan fingerprint density at radius 2 is 1.94 bits per heavy atom. The molecular formula is C11H6Cl3N3O. The highest BCUT2D eigenvalue weighted by molar-refractivity contribution is 6.41. The molecule has 0 radical (unpaired) electrons. The van der Waals surface area contributed by atoms with E-state index in [1.54, 1.807) is 12.1 Å². The number of hydrogen-bond donors (Lipinski definition) is 1. The van der Waals surface area contributed by atoms with Gasteiger partial charge < -0.3 is 5.32 Å². The molecule has 0 saturated carbocycles. The predicted molar refractivity (Wildman–Crippen MR) is 71.5 cm³/mol. The normalized spacial score (nSPS) is 10.2. The number of carbonyl (C=O) groups is 1. The Labute approximate surface area is 118 Å². The molecule has 1 amide bonds. The Kier molecular flexibility index (Phi) is 4.01. The van der Waals surface area contributed by atoms with Crippen LogP contribution < -0.4 is 5.32 Å². The van der Waals surface area contributed by atoms with Crippen LogP contribution in [0.3, 0.4) is 0 Å². The molecule has 0 unspecified atom stereocenters. The lowest BCUT2D eigenvalue weighted by Gasteiger charge is -2.06. The lowest BCUT2D eigenvalue weighted by molar-refractivity contribution is 0.102. The molecule has 1 N–H and O–H groups in total. The molecule has 0 saturated heterocycles. The van der Waals surface area contributed by atoms with Crippen molar-refractivity contribution in [2.75, 3.05) is 5.32 Å². The smallest absolute Gasteiger partial charge is 0.257 e. The largest absolute Gasteiger partial charge is 0.319 e. The number of nitrogens with one attached hydrogen (secondary N) is 1. The van der Waals surface area contributed by atoms with Crippen LogP contribution in [0.25, 0.3) is 0 Å². The molecule has 0 aromatic carbocycles. The van der Waals surface area contributed by atoms with Gasteiger partial charge in [0.2, 0.25) is 0 Å². The lowest BCUT2D eigenvalue weighted by Crippen LogP contribution is -2.12. The fourth-order valence-corrected chi connectivity index (χ4v) is 1.66. The average molecular weight is 303 g/mol. The molecule has 7 heteroatoms. The zero-order valence-corrected chi connectivity index (χ0v) is 11.1. The number of pyridine rings is 2. The highest BCUT2D eigenvalue weighted by atomic mass is 35.5. The molecule has 0 fully saturated rings. The predicted octanol–water partition coefficient (Wildman–Crippen LogP) is 3.69. The Hall–Kier alpha value is -1.36. The summed E-state index contributed by atoms with van der Waals surface area (Å²) >= 11 is 17.3. The molecule has 0 aliphatic heterocycles. The second-order valence-corrected chi connectivity index (χ2v) is 4.42. The van der Waals surface area contributed by atoms with E-state index in [2.05, 4.69) is 15.3 Å². The van der Waals surface area contributed by atoms with Crippen LogP contribution in [0.5, 0.6) is 0 Å². The van der Waals surface area contributed by atoms with E-state index in [1.807, 2.05) is 0 Å². The molecule has 2 aromatic heterocycles. The number of amides is 1. The Bertz CT molecular complexity index is 604. The number of rotatable bonds is 2. The standard InChI is InChI=1S/C11H6Cl3N3O/c12-7-4-6(5-16-9(7)13)11(18)17-8-2-1-3-15-10(8)14/h1-5H,(H,17,18). The van der Waals surface area contributed by atoms with E-state index in [0.717, 1.165) is 0 Å². The molecule has 2 heterocycles. The van der Waals surface area contributed by atoms with Gasteiger partial charge in [-0.15, -0.1) is 0 Å². The number of nitrogens with zero attached hydrogens (tertiary/aromatic N) is 2. The summed E-state index contributed by atoms with van der Waals surface area (Å²) in [6, 6.07) is 4.73. The summed E-state index contributed by atoms with van der Waals surface area (Å²) in [6.07, 6.45) is 2.85. The van der Waals surface area contributed by atoms with E-state index in [-0.39, 0.29) is 20.9 Å². The van der Waals surface area contributed by atoms with Crippen molar-refractivity contribution < 1.29 is 4.79 Å². The van der Waals surface area contributed by atoms with Crippen LogP contribution in [-0.2, 0) is 0 Å². The van der Waals surface area contributed by atoms with Crippen molar-refractivity contribution in [2.24, 2.45) is 0 Å². The van der Waals surface area contributed by atoms with Crippen LogP contribution in [0.15, 0.2) is 30.6 Å². The fraction of sp³-hybridized carbons (Fsp3) is 0. The highest BCUT2D eigenvalue weighted by Gasteiger charge is 2.11. The van der Waals surface area contributed by atoms with Gasteiger partial charge in [-0.1, -0.05) is 34.8 Å². The van der Waals surface area contributed by atoms with Gasteiger partial charge in [0, 0.05) is 12.4 Å². The van der Waals surface area contributed by atoms with Gasteiger partial charge in [-0.25, -0.2) is 9.97 Å². The molecule has 2 aromatic rings. The average Bonchev–Trinajstić information content (AvgIpc) is 2.35. The first kappa shape index (κ1) is 13.1. The zero-order chi connectivity index (χ0) is 13.1. The van der Waals surface area contributed by atoms with Crippen molar-refractivity contribution >= 4 is 46.4 Å². The molecule has 0 atom stereocenters. The summed E-state index contributed by atoms with van der Waals surface area (Å²) in [6.45, 7) is 0. The maximum absolute atomic E-state index is 11.9. The van der Waals surface area contributed by atoms with E-state index in [4.69, 9.17) is 34.8 Å². The number of carbonyl (C=O) groups excluding carboxylic acids is 1. The number of hydrogen-bond acceptors (Lipinski definition) is 3. The SMILES string of the molecule is O=C(Nc1cccnc1Cl)c1cnc(Cl)c(Cl)c1. The molecule has 2 rings (SSSR count). The van der Waals surface area contributed by atoms with Gasteiger partial charge >= 0.3 is 0 Å². The summed E-state index contributed by atoms with van der Waals surface area (Å²) in [5.74, 6) is -0.393.